The highest BCUT2D eigenvalue weighted by molar-refractivity contribution is 5.74. The summed E-state index contributed by atoms with van der Waals surface area (Å²) in [4.78, 5) is 14.3. The van der Waals surface area contributed by atoms with Crippen LogP contribution in [0.15, 0.2) is 6.07 Å². The number of aromatic nitrogens is 2. The molecular formula is C16H25N5O. The van der Waals surface area contributed by atoms with Gasteiger partial charge in [-0.1, -0.05) is 6.42 Å². The fourth-order valence-electron chi connectivity index (χ4n) is 3.86. The zero-order valence-corrected chi connectivity index (χ0v) is 13.2. The molecule has 2 saturated carbocycles. The molecular weight excluding hydrogens is 278 g/mol. The van der Waals surface area contributed by atoms with Crippen LogP contribution < -0.4 is 11.1 Å². The van der Waals surface area contributed by atoms with Crippen LogP contribution in [0, 0.1) is 5.41 Å². The third-order valence-corrected chi connectivity index (χ3v) is 5.76. The van der Waals surface area contributed by atoms with Gasteiger partial charge in [0.05, 0.1) is 17.9 Å². The topological polar surface area (TPSA) is 76.2 Å². The first-order chi connectivity index (χ1) is 10.6. The summed E-state index contributed by atoms with van der Waals surface area (Å²) in [5.74, 6) is 0.644. The summed E-state index contributed by atoms with van der Waals surface area (Å²) >= 11 is 0. The van der Waals surface area contributed by atoms with Crippen molar-refractivity contribution >= 4 is 6.03 Å². The van der Waals surface area contributed by atoms with Crippen LogP contribution in [-0.4, -0.2) is 39.8 Å². The lowest BCUT2D eigenvalue weighted by atomic mass is 9.66. The van der Waals surface area contributed by atoms with Crippen molar-refractivity contribution in [2.75, 3.05) is 13.1 Å². The summed E-state index contributed by atoms with van der Waals surface area (Å²) in [5, 5.41) is 7.57. The minimum atomic E-state index is 0.00777. The minimum absolute atomic E-state index is 0.00777. The molecule has 1 spiro atoms. The van der Waals surface area contributed by atoms with E-state index in [0.717, 1.165) is 12.2 Å². The monoisotopic (exact) mass is 303 g/mol. The van der Waals surface area contributed by atoms with Gasteiger partial charge in [0.2, 0.25) is 0 Å². The van der Waals surface area contributed by atoms with Crippen LogP contribution in [0.4, 0.5) is 4.79 Å². The van der Waals surface area contributed by atoms with Gasteiger partial charge in [-0.3, -0.25) is 4.68 Å². The molecule has 1 aliphatic heterocycles. The van der Waals surface area contributed by atoms with Crippen molar-refractivity contribution in [2.24, 2.45) is 18.2 Å². The van der Waals surface area contributed by atoms with Crippen LogP contribution in [0.3, 0.4) is 0 Å². The number of hydrogen-bond acceptors (Lipinski definition) is 3. The van der Waals surface area contributed by atoms with E-state index in [0.29, 0.717) is 19.0 Å². The van der Waals surface area contributed by atoms with Gasteiger partial charge >= 0.3 is 6.03 Å². The van der Waals surface area contributed by atoms with E-state index in [1.165, 1.54) is 37.8 Å². The molecule has 4 rings (SSSR count). The average molecular weight is 303 g/mol. The number of carbonyl (C=O) groups is 1. The second kappa shape index (κ2) is 4.98. The number of rotatable bonds is 3. The number of carbonyl (C=O) groups excluding carboxylic acids is 1. The van der Waals surface area contributed by atoms with E-state index in [4.69, 9.17) is 5.73 Å². The number of nitrogens with one attached hydrogen (secondary N) is 1. The van der Waals surface area contributed by atoms with Gasteiger partial charge in [-0.2, -0.15) is 5.10 Å². The van der Waals surface area contributed by atoms with Crippen LogP contribution in [0.1, 0.15) is 49.4 Å². The Morgan fingerprint density at radius 2 is 2.27 bits per heavy atom. The molecule has 0 radical (unpaired) electrons. The Morgan fingerprint density at radius 1 is 1.50 bits per heavy atom. The maximum atomic E-state index is 12.4. The molecule has 1 saturated heterocycles. The maximum absolute atomic E-state index is 12.4. The fourth-order valence-corrected chi connectivity index (χ4v) is 3.86. The maximum Gasteiger partial charge on any atom is 0.317 e. The summed E-state index contributed by atoms with van der Waals surface area (Å²) in [7, 11) is 1.95. The molecule has 2 aliphatic carbocycles. The van der Waals surface area contributed by atoms with Crippen LogP contribution in [0.5, 0.6) is 0 Å². The standard InChI is InChI=1S/C16H25N5O/c1-20-12(7-13(19-20)11-3-4-11)8-18-15(22)21-9-14(17)16(10-21)5-2-6-16/h7,11,14H,2-6,8-10,17H2,1H3,(H,18,22). The molecule has 3 aliphatic rings. The Bertz CT molecular complexity index is 587. The minimum Gasteiger partial charge on any atom is -0.332 e. The van der Waals surface area contributed by atoms with Gasteiger partial charge in [0.25, 0.3) is 0 Å². The molecule has 2 amide bonds. The number of urea groups is 1. The van der Waals surface area contributed by atoms with Gasteiger partial charge in [-0.25, -0.2) is 4.79 Å². The Morgan fingerprint density at radius 3 is 2.86 bits per heavy atom. The molecule has 1 atom stereocenters. The van der Waals surface area contributed by atoms with Gasteiger partial charge in [-0.15, -0.1) is 0 Å². The zero-order chi connectivity index (χ0) is 15.3. The summed E-state index contributed by atoms with van der Waals surface area (Å²) in [6.07, 6.45) is 6.09. The molecule has 0 aromatic carbocycles. The van der Waals surface area contributed by atoms with E-state index in [-0.39, 0.29) is 17.5 Å². The highest BCUT2D eigenvalue weighted by Gasteiger charge is 2.49. The first kappa shape index (κ1) is 14.1. The molecule has 3 fully saturated rings. The van der Waals surface area contributed by atoms with Crippen LogP contribution in [0.2, 0.25) is 0 Å². The smallest absolute Gasteiger partial charge is 0.317 e. The molecule has 120 valence electrons. The van der Waals surface area contributed by atoms with E-state index in [1.807, 2.05) is 16.6 Å². The SMILES string of the molecule is Cn1nc(C2CC2)cc1CNC(=O)N1CC(N)C2(CCC2)C1. The molecule has 0 bridgehead atoms. The van der Waals surface area contributed by atoms with E-state index in [9.17, 15) is 4.79 Å². The van der Waals surface area contributed by atoms with Crippen molar-refractivity contribution in [1.29, 1.82) is 0 Å². The van der Waals surface area contributed by atoms with Crippen LogP contribution in [-0.2, 0) is 13.6 Å². The predicted molar refractivity (Wildman–Crippen MR) is 83.3 cm³/mol. The van der Waals surface area contributed by atoms with Crippen LogP contribution in [0.25, 0.3) is 0 Å². The normalized spacial score (nSPS) is 26.3. The molecule has 1 aromatic rings. The van der Waals surface area contributed by atoms with Gasteiger partial charge in [0.15, 0.2) is 0 Å². The first-order valence-corrected chi connectivity index (χ1v) is 8.39. The quantitative estimate of drug-likeness (QED) is 0.884. The van der Waals surface area contributed by atoms with Crippen molar-refractivity contribution in [3.05, 3.63) is 17.5 Å². The van der Waals surface area contributed by atoms with E-state index in [2.05, 4.69) is 16.5 Å². The second-order valence-electron chi connectivity index (χ2n) is 7.32. The van der Waals surface area contributed by atoms with E-state index < -0.39 is 0 Å². The van der Waals surface area contributed by atoms with Gasteiger partial charge in [0, 0.05) is 37.5 Å². The molecule has 1 unspecified atom stereocenters. The fraction of sp³-hybridized carbons (Fsp3) is 0.750. The molecule has 3 N–H and O–H groups in total. The highest BCUT2D eigenvalue weighted by atomic mass is 16.2. The second-order valence-corrected chi connectivity index (χ2v) is 7.32. The van der Waals surface area contributed by atoms with Gasteiger partial charge < -0.3 is 16.0 Å². The Kier molecular flexibility index (Phi) is 3.18. The van der Waals surface area contributed by atoms with Crippen molar-refractivity contribution < 1.29 is 4.79 Å². The highest BCUT2D eigenvalue weighted by Crippen LogP contribution is 2.47. The Balaban J connectivity index is 1.34. The molecule has 2 heterocycles. The molecule has 22 heavy (non-hydrogen) atoms. The van der Waals surface area contributed by atoms with Crippen molar-refractivity contribution in [2.45, 2.75) is 50.6 Å². The molecule has 6 nitrogen and oxygen atoms in total. The lowest BCUT2D eigenvalue weighted by Gasteiger charge is -2.41. The van der Waals surface area contributed by atoms with Crippen molar-refractivity contribution in [3.63, 3.8) is 0 Å². The lowest BCUT2D eigenvalue weighted by Crippen LogP contribution is -2.45. The third kappa shape index (κ3) is 2.29. The van der Waals surface area contributed by atoms with Crippen LogP contribution >= 0.6 is 0 Å². The molecule has 6 heteroatoms. The number of hydrogen-bond donors (Lipinski definition) is 2. The third-order valence-electron chi connectivity index (χ3n) is 5.76. The zero-order valence-electron chi connectivity index (χ0n) is 13.2. The number of nitrogens with zero attached hydrogens (tertiary/aromatic N) is 3. The van der Waals surface area contributed by atoms with Crippen molar-refractivity contribution in [1.82, 2.24) is 20.0 Å². The number of nitrogens with two attached hydrogens (primary N) is 1. The summed E-state index contributed by atoms with van der Waals surface area (Å²) in [6.45, 7) is 2.04. The molecule has 1 aromatic heterocycles. The lowest BCUT2D eigenvalue weighted by molar-refractivity contribution is 0.125. The summed E-state index contributed by atoms with van der Waals surface area (Å²) < 4.78 is 1.89. The van der Waals surface area contributed by atoms with Gasteiger partial charge in [0.1, 0.15) is 0 Å². The first-order valence-electron chi connectivity index (χ1n) is 8.39. The predicted octanol–water partition coefficient (Wildman–Crippen LogP) is 1.32. The van der Waals surface area contributed by atoms with Crippen molar-refractivity contribution in [3.8, 4) is 0 Å². The average Bonchev–Trinajstić information content (AvgIpc) is 3.14. The van der Waals surface area contributed by atoms with Gasteiger partial charge in [-0.05, 0) is 31.7 Å². The number of likely N-dealkylation sites (tertiary alicyclic amines) is 1. The summed E-state index contributed by atoms with van der Waals surface area (Å²) in [6, 6.07) is 2.28. The largest absolute Gasteiger partial charge is 0.332 e. The number of amides is 2. The van der Waals surface area contributed by atoms with E-state index in [1.54, 1.807) is 0 Å². The number of aryl methyl sites for hydroxylation is 1. The Labute approximate surface area is 131 Å². The summed E-state index contributed by atoms with van der Waals surface area (Å²) in [5.41, 5.74) is 8.69. The van der Waals surface area contributed by atoms with E-state index >= 15 is 0 Å². The Hall–Kier alpha value is -1.56.